The van der Waals surface area contributed by atoms with E-state index in [1.807, 2.05) is 50.5 Å². The van der Waals surface area contributed by atoms with Crippen LogP contribution in [0, 0.1) is 0 Å². The molecule has 0 aliphatic heterocycles. The van der Waals surface area contributed by atoms with E-state index in [1.54, 1.807) is 0 Å². The van der Waals surface area contributed by atoms with E-state index in [1.165, 1.54) is 0 Å². The molecule has 26 heavy (non-hydrogen) atoms. The smallest absolute Gasteiger partial charge is 0.314 e. The molecule has 0 saturated carbocycles. The van der Waals surface area contributed by atoms with Gasteiger partial charge in [0.05, 0.1) is 0 Å². The number of likely N-dealkylation sites (N-methyl/N-ethyl adjacent to an activating group) is 2. The van der Waals surface area contributed by atoms with Gasteiger partial charge in [0.15, 0.2) is 0 Å². The van der Waals surface area contributed by atoms with E-state index in [9.17, 15) is 4.79 Å². The van der Waals surface area contributed by atoms with Crippen molar-refractivity contribution in [2.24, 2.45) is 0 Å². The third-order valence-corrected chi connectivity index (χ3v) is 4.77. The first-order valence-electron chi connectivity index (χ1n) is 9.06. The Kier molecular flexibility index (Phi) is 7.33. The quantitative estimate of drug-likeness (QED) is 0.764. The van der Waals surface area contributed by atoms with Gasteiger partial charge in [-0.05, 0) is 38.1 Å². The zero-order chi connectivity index (χ0) is 18.9. The third kappa shape index (κ3) is 5.69. The molecule has 0 bridgehead atoms. The molecule has 0 aliphatic carbocycles. The predicted octanol–water partition coefficient (Wildman–Crippen LogP) is 3.34. The first kappa shape index (κ1) is 19.6. The van der Waals surface area contributed by atoms with Crippen LogP contribution in [0.25, 0.3) is 0 Å². The van der Waals surface area contributed by atoms with Gasteiger partial charge in [0.1, 0.15) is 0 Å². The average molecular weight is 354 g/mol. The Hall–Kier alpha value is -2.69. The Morgan fingerprint density at radius 1 is 0.769 bits per heavy atom. The Morgan fingerprint density at radius 2 is 1.12 bits per heavy atom. The van der Waals surface area contributed by atoms with Crippen molar-refractivity contribution < 1.29 is 4.79 Å². The van der Waals surface area contributed by atoms with Crippen molar-refractivity contribution in [2.45, 2.75) is 25.9 Å². The standard InChI is InChI=1S/C21H30N4O/c1-17(24(3)19-11-7-5-8-12-19)15-22-21(26)23-16-18(2)25(4)20-13-9-6-10-14-20/h5-14,17-18H,15-16H2,1-4H3,(H2,22,23,26). The fourth-order valence-corrected chi connectivity index (χ4v) is 2.65. The van der Waals surface area contributed by atoms with Crippen LogP contribution in [-0.2, 0) is 0 Å². The molecule has 2 unspecified atom stereocenters. The number of benzene rings is 2. The summed E-state index contributed by atoms with van der Waals surface area (Å²) in [6.07, 6.45) is 0. The van der Waals surface area contributed by atoms with Gasteiger partial charge in [-0.25, -0.2) is 4.79 Å². The van der Waals surface area contributed by atoms with Gasteiger partial charge in [-0.3, -0.25) is 0 Å². The van der Waals surface area contributed by atoms with Crippen molar-refractivity contribution in [2.75, 3.05) is 37.0 Å². The summed E-state index contributed by atoms with van der Waals surface area (Å²) < 4.78 is 0. The first-order valence-corrected chi connectivity index (χ1v) is 9.06. The summed E-state index contributed by atoms with van der Waals surface area (Å²) in [4.78, 5) is 16.4. The van der Waals surface area contributed by atoms with Crippen molar-refractivity contribution in [3.8, 4) is 0 Å². The van der Waals surface area contributed by atoms with Gasteiger partial charge in [-0.2, -0.15) is 0 Å². The van der Waals surface area contributed by atoms with E-state index < -0.39 is 0 Å². The highest BCUT2D eigenvalue weighted by Gasteiger charge is 2.13. The van der Waals surface area contributed by atoms with E-state index in [2.05, 4.69) is 58.5 Å². The van der Waals surface area contributed by atoms with Crippen LogP contribution in [0.15, 0.2) is 60.7 Å². The predicted molar refractivity (Wildman–Crippen MR) is 110 cm³/mol. The number of carbonyl (C=O) groups is 1. The van der Waals surface area contributed by atoms with E-state index in [-0.39, 0.29) is 18.1 Å². The van der Waals surface area contributed by atoms with Gasteiger partial charge in [-0.15, -0.1) is 0 Å². The van der Waals surface area contributed by atoms with Crippen LogP contribution in [0.1, 0.15) is 13.8 Å². The highest BCUT2D eigenvalue weighted by atomic mass is 16.2. The van der Waals surface area contributed by atoms with Crippen molar-refractivity contribution >= 4 is 17.4 Å². The average Bonchev–Trinajstić information content (AvgIpc) is 2.70. The fourth-order valence-electron chi connectivity index (χ4n) is 2.65. The topological polar surface area (TPSA) is 47.6 Å². The lowest BCUT2D eigenvalue weighted by Gasteiger charge is -2.28. The van der Waals surface area contributed by atoms with Gasteiger partial charge in [-0.1, -0.05) is 36.4 Å². The van der Waals surface area contributed by atoms with Crippen LogP contribution in [-0.4, -0.2) is 45.3 Å². The lowest BCUT2D eigenvalue weighted by molar-refractivity contribution is 0.239. The van der Waals surface area contributed by atoms with Gasteiger partial charge in [0.25, 0.3) is 0 Å². The van der Waals surface area contributed by atoms with E-state index >= 15 is 0 Å². The van der Waals surface area contributed by atoms with Crippen LogP contribution in [0.2, 0.25) is 0 Å². The molecule has 0 fully saturated rings. The maximum Gasteiger partial charge on any atom is 0.314 e. The Morgan fingerprint density at radius 3 is 1.46 bits per heavy atom. The third-order valence-electron chi connectivity index (χ3n) is 4.77. The minimum Gasteiger partial charge on any atom is -0.370 e. The van der Waals surface area contributed by atoms with Gasteiger partial charge in [0.2, 0.25) is 0 Å². The number of rotatable bonds is 8. The van der Waals surface area contributed by atoms with Crippen molar-refractivity contribution in [3.05, 3.63) is 60.7 Å². The van der Waals surface area contributed by atoms with Crippen LogP contribution in [0.5, 0.6) is 0 Å². The summed E-state index contributed by atoms with van der Waals surface area (Å²) in [5.74, 6) is 0. The molecule has 2 atom stereocenters. The molecule has 2 aromatic carbocycles. The summed E-state index contributed by atoms with van der Waals surface area (Å²) >= 11 is 0. The zero-order valence-electron chi connectivity index (χ0n) is 16.1. The van der Waals surface area contributed by atoms with Crippen LogP contribution in [0.3, 0.4) is 0 Å². The number of hydrogen-bond acceptors (Lipinski definition) is 3. The lowest BCUT2D eigenvalue weighted by atomic mass is 10.2. The molecule has 140 valence electrons. The summed E-state index contributed by atoms with van der Waals surface area (Å²) in [6.45, 7) is 5.36. The van der Waals surface area contributed by atoms with E-state index in [0.29, 0.717) is 13.1 Å². The Balaban J connectivity index is 1.73. The van der Waals surface area contributed by atoms with Gasteiger partial charge in [0, 0.05) is 50.6 Å². The number of carbonyl (C=O) groups excluding carboxylic acids is 1. The summed E-state index contributed by atoms with van der Waals surface area (Å²) in [6, 6.07) is 20.6. The van der Waals surface area contributed by atoms with Crippen LogP contribution >= 0.6 is 0 Å². The number of urea groups is 1. The number of anilines is 2. The minimum absolute atomic E-state index is 0.133. The largest absolute Gasteiger partial charge is 0.370 e. The maximum absolute atomic E-state index is 12.1. The molecule has 0 heterocycles. The highest BCUT2D eigenvalue weighted by molar-refractivity contribution is 5.74. The number of nitrogens with zero attached hydrogens (tertiary/aromatic N) is 2. The summed E-state index contributed by atoms with van der Waals surface area (Å²) in [5.41, 5.74) is 2.28. The fraction of sp³-hybridized carbons (Fsp3) is 0.381. The van der Waals surface area contributed by atoms with Crippen LogP contribution < -0.4 is 20.4 Å². The molecular formula is C21H30N4O. The molecule has 2 N–H and O–H groups in total. The molecule has 0 aliphatic rings. The van der Waals surface area contributed by atoms with E-state index in [0.717, 1.165) is 11.4 Å². The molecule has 0 spiro atoms. The molecular weight excluding hydrogens is 324 g/mol. The molecule has 2 aromatic rings. The first-order chi connectivity index (χ1) is 12.5. The lowest BCUT2D eigenvalue weighted by Crippen LogP contribution is -2.47. The number of amides is 2. The number of nitrogens with one attached hydrogen (secondary N) is 2. The normalized spacial score (nSPS) is 12.8. The monoisotopic (exact) mass is 354 g/mol. The molecule has 5 nitrogen and oxygen atoms in total. The number of para-hydroxylation sites is 2. The van der Waals surface area contributed by atoms with Gasteiger partial charge >= 0.3 is 6.03 Å². The van der Waals surface area contributed by atoms with Crippen molar-refractivity contribution in [1.82, 2.24) is 10.6 Å². The highest BCUT2D eigenvalue weighted by Crippen LogP contribution is 2.14. The van der Waals surface area contributed by atoms with Gasteiger partial charge < -0.3 is 20.4 Å². The molecule has 0 aromatic heterocycles. The van der Waals surface area contributed by atoms with Crippen molar-refractivity contribution in [1.29, 1.82) is 0 Å². The molecule has 2 rings (SSSR count). The SMILES string of the molecule is CC(CNC(=O)NCC(C)N(C)c1ccccc1)N(C)c1ccccc1. The minimum atomic E-state index is -0.133. The van der Waals surface area contributed by atoms with Crippen molar-refractivity contribution in [3.63, 3.8) is 0 Å². The van der Waals surface area contributed by atoms with E-state index in [4.69, 9.17) is 0 Å². The summed E-state index contributed by atoms with van der Waals surface area (Å²) in [7, 11) is 4.08. The van der Waals surface area contributed by atoms with Crippen LogP contribution in [0.4, 0.5) is 16.2 Å². The molecule has 2 amide bonds. The maximum atomic E-state index is 12.1. The second-order valence-corrected chi connectivity index (χ2v) is 6.68. The summed E-state index contributed by atoms with van der Waals surface area (Å²) in [5, 5.41) is 5.91. The molecule has 5 heteroatoms. The second kappa shape index (κ2) is 9.70. The zero-order valence-corrected chi connectivity index (χ0v) is 16.1. The second-order valence-electron chi connectivity index (χ2n) is 6.68. The molecule has 0 saturated heterocycles. The molecule has 0 radical (unpaired) electrons. The Bertz CT molecular complexity index is 605. The Labute approximate surface area is 157 Å². The number of hydrogen-bond donors (Lipinski definition) is 2.